The predicted molar refractivity (Wildman–Crippen MR) is 84.1 cm³/mol. The number of halogens is 2. The Balaban J connectivity index is 2.78. The van der Waals surface area contributed by atoms with E-state index in [0.717, 1.165) is 26.4 Å². The molecule has 0 aromatic heterocycles. The summed E-state index contributed by atoms with van der Waals surface area (Å²) in [7, 11) is 2.27. The Morgan fingerprint density at radius 1 is 1.12 bits per heavy atom. The Hall–Kier alpha value is -2.77. The zero-order chi connectivity index (χ0) is 18.9. The number of esters is 2. The SMILES string of the molecule is COC(=O)C1=C(C)N=C(C)C(C(=O)OC)C1c1ccc(O)c(F)c1F. The van der Waals surface area contributed by atoms with Crippen LogP contribution >= 0.6 is 0 Å². The van der Waals surface area contributed by atoms with Gasteiger partial charge in [-0.15, -0.1) is 0 Å². The Morgan fingerprint density at radius 3 is 2.32 bits per heavy atom. The summed E-state index contributed by atoms with van der Waals surface area (Å²) >= 11 is 0. The van der Waals surface area contributed by atoms with E-state index in [1.807, 2.05) is 0 Å². The molecule has 1 aromatic rings. The van der Waals surface area contributed by atoms with E-state index in [0.29, 0.717) is 0 Å². The lowest BCUT2D eigenvalue weighted by atomic mass is 9.75. The largest absolute Gasteiger partial charge is 0.505 e. The standard InChI is InChI=1S/C17H17F2NO5/c1-7-11(16(22)24-3)13(12(8(2)20-7)17(23)25-4)9-5-6-10(21)15(19)14(9)18/h5-6,11,13,21H,1-4H3. The third kappa shape index (κ3) is 3.11. The van der Waals surface area contributed by atoms with Gasteiger partial charge in [-0.3, -0.25) is 9.79 Å². The van der Waals surface area contributed by atoms with E-state index in [1.54, 1.807) is 0 Å². The van der Waals surface area contributed by atoms with Crippen molar-refractivity contribution in [2.45, 2.75) is 19.8 Å². The van der Waals surface area contributed by atoms with Crippen LogP contribution in [0.15, 0.2) is 28.4 Å². The highest BCUT2D eigenvalue weighted by Gasteiger charge is 2.43. The van der Waals surface area contributed by atoms with E-state index < -0.39 is 41.2 Å². The Labute approximate surface area is 142 Å². The molecule has 2 rings (SSSR count). The van der Waals surface area contributed by atoms with E-state index >= 15 is 0 Å². The molecule has 0 radical (unpaired) electrons. The molecule has 0 saturated carbocycles. The van der Waals surface area contributed by atoms with Gasteiger partial charge >= 0.3 is 11.9 Å². The van der Waals surface area contributed by atoms with Crippen LogP contribution in [0.1, 0.15) is 25.3 Å². The average Bonchev–Trinajstić information content (AvgIpc) is 2.58. The number of methoxy groups -OCH3 is 2. The first kappa shape index (κ1) is 18.6. The highest BCUT2D eigenvalue weighted by atomic mass is 19.2. The molecule has 0 fully saturated rings. The Bertz CT molecular complexity index is 800. The van der Waals surface area contributed by atoms with Crippen LogP contribution < -0.4 is 0 Å². The zero-order valence-corrected chi connectivity index (χ0v) is 14.1. The number of ether oxygens (including phenoxy) is 2. The van der Waals surface area contributed by atoms with Crippen LogP contribution in [0, 0.1) is 17.6 Å². The molecule has 1 N–H and O–H groups in total. The van der Waals surface area contributed by atoms with Gasteiger partial charge in [0.15, 0.2) is 11.6 Å². The maximum atomic E-state index is 14.5. The summed E-state index contributed by atoms with van der Waals surface area (Å²) in [5, 5.41) is 9.34. The summed E-state index contributed by atoms with van der Waals surface area (Å²) in [6.45, 7) is 3.03. The van der Waals surface area contributed by atoms with Crippen molar-refractivity contribution in [3.63, 3.8) is 0 Å². The number of aliphatic imine (C=N–C) groups is 1. The minimum atomic E-state index is -1.47. The number of phenols is 1. The van der Waals surface area contributed by atoms with Gasteiger partial charge in [0.1, 0.15) is 5.92 Å². The molecule has 0 spiro atoms. The van der Waals surface area contributed by atoms with Gasteiger partial charge in [0.2, 0.25) is 5.82 Å². The van der Waals surface area contributed by atoms with Gasteiger partial charge < -0.3 is 14.6 Å². The smallest absolute Gasteiger partial charge is 0.336 e. The fraction of sp³-hybridized carbons (Fsp3) is 0.353. The topological polar surface area (TPSA) is 85.2 Å². The van der Waals surface area contributed by atoms with Crippen LogP contribution in [0.3, 0.4) is 0 Å². The Morgan fingerprint density at radius 2 is 1.76 bits per heavy atom. The van der Waals surface area contributed by atoms with Gasteiger partial charge in [0.05, 0.1) is 19.8 Å². The molecule has 1 aliphatic heterocycles. The first-order chi connectivity index (χ1) is 11.7. The van der Waals surface area contributed by atoms with Crippen LogP contribution in [0.25, 0.3) is 0 Å². The first-order valence-corrected chi connectivity index (χ1v) is 7.33. The van der Waals surface area contributed by atoms with Crippen LogP contribution in [0.5, 0.6) is 5.75 Å². The summed E-state index contributed by atoms with van der Waals surface area (Å²) in [6.07, 6.45) is 0. The monoisotopic (exact) mass is 353 g/mol. The molecule has 8 heteroatoms. The molecule has 0 amide bonds. The van der Waals surface area contributed by atoms with Crippen LogP contribution in [0.4, 0.5) is 8.78 Å². The van der Waals surface area contributed by atoms with Crippen molar-refractivity contribution in [3.8, 4) is 5.75 Å². The highest BCUT2D eigenvalue weighted by molar-refractivity contribution is 6.06. The Kier molecular flexibility index (Phi) is 5.20. The second kappa shape index (κ2) is 7.00. The minimum absolute atomic E-state index is 0.0764. The van der Waals surface area contributed by atoms with E-state index in [4.69, 9.17) is 9.47 Å². The molecule has 1 aromatic carbocycles. The van der Waals surface area contributed by atoms with Crippen molar-refractivity contribution in [2.24, 2.45) is 10.9 Å². The van der Waals surface area contributed by atoms with Gasteiger partial charge in [-0.1, -0.05) is 6.07 Å². The van der Waals surface area contributed by atoms with E-state index in [9.17, 15) is 23.5 Å². The number of hydrogen-bond donors (Lipinski definition) is 1. The number of aromatic hydroxyl groups is 1. The maximum Gasteiger partial charge on any atom is 0.336 e. The normalized spacial score (nSPS) is 20.2. The molecule has 1 heterocycles. The summed E-state index contributed by atoms with van der Waals surface area (Å²) < 4.78 is 37.8. The van der Waals surface area contributed by atoms with Gasteiger partial charge in [0.25, 0.3) is 0 Å². The fourth-order valence-electron chi connectivity index (χ4n) is 2.97. The van der Waals surface area contributed by atoms with Crippen LogP contribution in [0.2, 0.25) is 0 Å². The molecule has 0 aliphatic carbocycles. The predicted octanol–water partition coefficient (Wildman–Crippen LogP) is 2.46. The average molecular weight is 353 g/mol. The van der Waals surface area contributed by atoms with Crippen molar-refractivity contribution in [2.75, 3.05) is 14.2 Å². The number of benzene rings is 1. The highest BCUT2D eigenvalue weighted by Crippen LogP contribution is 2.42. The van der Waals surface area contributed by atoms with Gasteiger partial charge in [-0.25, -0.2) is 9.18 Å². The van der Waals surface area contributed by atoms with Crippen molar-refractivity contribution in [3.05, 3.63) is 40.6 Å². The molecule has 6 nitrogen and oxygen atoms in total. The number of hydrogen-bond acceptors (Lipinski definition) is 6. The van der Waals surface area contributed by atoms with Gasteiger partial charge in [-0.05, 0) is 19.9 Å². The second-order valence-electron chi connectivity index (χ2n) is 5.52. The molecular weight excluding hydrogens is 336 g/mol. The molecule has 134 valence electrons. The minimum Gasteiger partial charge on any atom is -0.505 e. The van der Waals surface area contributed by atoms with Gasteiger partial charge in [-0.2, -0.15) is 4.39 Å². The lowest BCUT2D eigenvalue weighted by Crippen LogP contribution is -2.36. The summed E-state index contributed by atoms with van der Waals surface area (Å²) in [5.74, 6) is -7.62. The maximum absolute atomic E-state index is 14.5. The van der Waals surface area contributed by atoms with E-state index in [-0.39, 0.29) is 22.5 Å². The molecule has 1 aliphatic rings. The van der Waals surface area contributed by atoms with Gasteiger partial charge in [0, 0.05) is 22.9 Å². The number of nitrogens with zero attached hydrogens (tertiary/aromatic N) is 1. The van der Waals surface area contributed by atoms with Crippen LogP contribution in [-0.4, -0.2) is 37.0 Å². The summed E-state index contributed by atoms with van der Waals surface area (Å²) in [4.78, 5) is 28.6. The number of allylic oxidation sites excluding steroid dienone is 1. The molecule has 0 bridgehead atoms. The van der Waals surface area contributed by atoms with Crippen LogP contribution in [-0.2, 0) is 19.1 Å². The number of rotatable bonds is 3. The molecule has 2 unspecified atom stereocenters. The summed E-state index contributed by atoms with van der Waals surface area (Å²) in [5.41, 5.74) is 0.157. The van der Waals surface area contributed by atoms with Crippen molar-refractivity contribution in [1.29, 1.82) is 0 Å². The zero-order valence-electron chi connectivity index (χ0n) is 14.1. The first-order valence-electron chi connectivity index (χ1n) is 7.33. The lowest BCUT2D eigenvalue weighted by molar-refractivity contribution is -0.143. The fourth-order valence-corrected chi connectivity index (χ4v) is 2.97. The third-order valence-electron chi connectivity index (χ3n) is 4.12. The summed E-state index contributed by atoms with van der Waals surface area (Å²) in [6, 6.07) is 2.07. The van der Waals surface area contributed by atoms with E-state index in [2.05, 4.69) is 4.99 Å². The van der Waals surface area contributed by atoms with Crippen molar-refractivity contribution >= 4 is 17.7 Å². The number of carbonyl (C=O) groups is 2. The second-order valence-corrected chi connectivity index (χ2v) is 5.52. The molecule has 0 saturated heterocycles. The molecular formula is C17H17F2NO5. The van der Waals surface area contributed by atoms with Crippen molar-refractivity contribution in [1.82, 2.24) is 0 Å². The van der Waals surface area contributed by atoms with E-state index in [1.165, 1.54) is 13.8 Å². The number of carbonyl (C=O) groups excluding carboxylic acids is 2. The molecule has 25 heavy (non-hydrogen) atoms. The molecule has 2 atom stereocenters. The lowest BCUT2D eigenvalue weighted by Gasteiger charge is -2.31. The quantitative estimate of drug-likeness (QED) is 0.844. The van der Waals surface area contributed by atoms with Crippen molar-refractivity contribution < 1.29 is 33.0 Å². The third-order valence-corrected chi connectivity index (χ3v) is 4.12. The number of phenolic OH excluding ortho intramolecular Hbond substituents is 1.